The van der Waals surface area contributed by atoms with E-state index in [-0.39, 0.29) is 17.7 Å². The van der Waals surface area contributed by atoms with E-state index in [4.69, 9.17) is 0 Å². The van der Waals surface area contributed by atoms with Gasteiger partial charge in [-0.15, -0.1) is 0 Å². The zero-order valence-corrected chi connectivity index (χ0v) is 20.3. The minimum atomic E-state index is -0.632. The molecule has 8 nitrogen and oxygen atoms in total. The molecule has 0 aromatic carbocycles. The van der Waals surface area contributed by atoms with Gasteiger partial charge in [-0.3, -0.25) is 14.3 Å². The lowest BCUT2D eigenvalue weighted by atomic mass is 9.79. The number of amides is 2. The summed E-state index contributed by atoms with van der Waals surface area (Å²) in [6, 6.07) is 4.76. The number of hydrogen-bond donors (Lipinski definition) is 2. The minimum absolute atomic E-state index is 0.0832. The fourth-order valence-corrected chi connectivity index (χ4v) is 5.27. The van der Waals surface area contributed by atoms with Gasteiger partial charge in [0.15, 0.2) is 0 Å². The Bertz CT molecular complexity index is 1110. The van der Waals surface area contributed by atoms with Gasteiger partial charge in [0, 0.05) is 35.4 Å². The molecule has 1 unspecified atom stereocenters. The van der Waals surface area contributed by atoms with Gasteiger partial charge in [-0.2, -0.15) is 9.47 Å². The summed E-state index contributed by atoms with van der Waals surface area (Å²) < 4.78 is 5.91. The van der Waals surface area contributed by atoms with E-state index in [0.717, 1.165) is 47.4 Å². The Labute approximate surface area is 198 Å². The molecule has 1 saturated carbocycles. The third-order valence-electron chi connectivity index (χ3n) is 6.49. The maximum Gasteiger partial charge on any atom is 0.270 e. The molecule has 2 N–H and O–H groups in total. The summed E-state index contributed by atoms with van der Waals surface area (Å²) in [6.07, 6.45) is 7.24. The van der Waals surface area contributed by atoms with Crippen LogP contribution in [0.1, 0.15) is 53.7 Å². The first-order valence-electron chi connectivity index (χ1n) is 11.3. The van der Waals surface area contributed by atoms with E-state index >= 15 is 0 Å². The van der Waals surface area contributed by atoms with Crippen LogP contribution >= 0.6 is 11.5 Å². The summed E-state index contributed by atoms with van der Waals surface area (Å²) in [5, 5.41) is 9.95. The number of nitrogens with zero attached hydrogens (tertiary/aromatic N) is 4. The van der Waals surface area contributed by atoms with Gasteiger partial charge in [-0.05, 0) is 68.3 Å². The van der Waals surface area contributed by atoms with Gasteiger partial charge in [0.05, 0.1) is 5.69 Å². The number of nitrogens with one attached hydrogen (secondary N) is 2. The first-order chi connectivity index (χ1) is 15.8. The van der Waals surface area contributed by atoms with Crippen LogP contribution < -0.4 is 10.6 Å². The quantitative estimate of drug-likeness (QED) is 0.569. The van der Waals surface area contributed by atoms with Crippen molar-refractivity contribution in [2.45, 2.75) is 52.5 Å². The number of aryl methyl sites for hydroxylation is 3. The molecule has 0 spiro atoms. The summed E-state index contributed by atoms with van der Waals surface area (Å²) in [4.78, 5) is 31.8. The topological polar surface area (TPSA) is 102 Å². The van der Waals surface area contributed by atoms with Crippen molar-refractivity contribution in [1.29, 1.82) is 0 Å². The van der Waals surface area contributed by atoms with Crippen LogP contribution in [-0.4, -0.2) is 37.0 Å². The van der Waals surface area contributed by atoms with Crippen molar-refractivity contribution >= 4 is 29.2 Å². The number of aromatic nitrogens is 4. The van der Waals surface area contributed by atoms with Crippen LogP contribution in [0.2, 0.25) is 0 Å². The molecule has 1 aliphatic rings. The molecule has 4 rings (SSSR count). The Balaban J connectivity index is 1.51. The number of hydrogen-bond acceptors (Lipinski definition) is 6. The third kappa shape index (κ3) is 5.13. The van der Waals surface area contributed by atoms with Gasteiger partial charge in [0.25, 0.3) is 5.91 Å². The lowest BCUT2D eigenvalue weighted by Gasteiger charge is -2.32. The Morgan fingerprint density at radius 3 is 2.48 bits per heavy atom. The normalized spacial score (nSPS) is 19.2. The molecule has 33 heavy (non-hydrogen) atoms. The molecule has 0 saturated heterocycles. The first kappa shape index (κ1) is 23.1. The van der Waals surface area contributed by atoms with Crippen LogP contribution in [-0.2, 0) is 11.8 Å². The summed E-state index contributed by atoms with van der Waals surface area (Å²) in [6.45, 7) is 6.25. The van der Waals surface area contributed by atoms with Crippen LogP contribution in [0.5, 0.6) is 0 Å². The molecular weight excluding hydrogens is 436 g/mol. The predicted octanol–water partition coefficient (Wildman–Crippen LogP) is 4.12. The monoisotopic (exact) mass is 466 g/mol. The molecular formula is C24H30N6O2S. The van der Waals surface area contributed by atoms with Gasteiger partial charge >= 0.3 is 0 Å². The Morgan fingerprint density at radius 2 is 1.91 bits per heavy atom. The number of carbonyl (C=O) groups is 2. The smallest absolute Gasteiger partial charge is 0.270 e. The number of anilines is 1. The maximum absolute atomic E-state index is 13.3. The highest BCUT2D eigenvalue weighted by atomic mass is 32.1. The van der Waals surface area contributed by atoms with Crippen LogP contribution in [0.4, 0.5) is 5.82 Å². The van der Waals surface area contributed by atoms with Gasteiger partial charge in [-0.1, -0.05) is 19.8 Å². The molecule has 1 fully saturated rings. The zero-order chi connectivity index (χ0) is 23.5. The van der Waals surface area contributed by atoms with Crippen molar-refractivity contribution in [2.24, 2.45) is 18.9 Å². The lowest BCUT2D eigenvalue weighted by Crippen LogP contribution is -2.49. The number of rotatable bonds is 6. The largest absolute Gasteiger partial charge is 0.339 e. The second-order valence-corrected chi connectivity index (χ2v) is 9.91. The second-order valence-electron chi connectivity index (χ2n) is 8.93. The SMILES string of the molecule is Cc1nsc(C)c1-c1ccc(NC(=O)C(NC(=O)c2ccnn2C)C2CCC(C)CC2)nc1. The van der Waals surface area contributed by atoms with Crippen molar-refractivity contribution in [3.8, 4) is 11.1 Å². The molecule has 9 heteroatoms. The Morgan fingerprint density at radius 1 is 1.15 bits per heavy atom. The van der Waals surface area contributed by atoms with E-state index in [9.17, 15) is 9.59 Å². The molecule has 174 valence electrons. The van der Waals surface area contributed by atoms with Crippen LogP contribution in [0.15, 0.2) is 30.6 Å². The fourth-order valence-electron chi connectivity index (χ4n) is 4.54. The van der Waals surface area contributed by atoms with E-state index in [1.807, 2.05) is 19.9 Å². The van der Waals surface area contributed by atoms with Gasteiger partial charge < -0.3 is 10.6 Å². The number of carbonyl (C=O) groups excluding carboxylic acids is 2. The molecule has 0 aliphatic heterocycles. The first-order valence-corrected chi connectivity index (χ1v) is 12.1. The summed E-state index contributed by atoms with van der Waals surface area (Å²) in [5.74, 6) is 0.652. The number of pyridine rings is 1. The van der Waals surface area contributed by atoms with Crippen molar-refractivity contribution in [3.05, 3.63) is 46.9 Å². The van der Waals surface area contributed by atoms with Crippen molar-refractivity contribution in [1.82, 2.24) is 24.5 Å². The molecule has 1 aliphatic carbocycles. The molecule has 3 aromatic heterocycles. The second kappa shape index (κ2) is 9.82. The molecule has 3 heterocycles. The maximum atomic E-state index is 13.3. The van der Waals surface area contributed by atoms with Crippen LogP contribution in [0.25, 0.3) is 11.1 Å². The van der Waals surface area contributed by atoms with Crippen molar-refractivity contribution < 1.29 is 9.59 Å². The summed E-state index contributed by atoms with van der Waals surface area (Å²) in [5.41, 5.74) is 3.46. The van der Waals surface area contributed by atoms with E-state index in [1.165, 1.54) is 16.2 Å². The molecule has 0 radical (unpaired) electrons. The summed E-state index contributed by atoms with van der Waals surface area (Å²) in [7, 11) is 1.71. The third-order valence-corrected chi connectivity index (χ3v) is 7.33. The molecule has 1 atom stereocenters. The standard InChI is InChI=1S/C24H30N6O2S/c1-14-5-7-17(8-6-14)22(28-23(31)19-11-12-26-30(19)4)24(32)27-20-10-9-18(13-25-20)21-15(2)29-33-16(21)3/h9-14,17,22H,5-8H2,1-4H3,(H,28,31)(H,25,27,32). The average Bonchev–Trinajstić information content (AvgIpc) is 3.38. The van der Waals surface area contributed by atoms with Gasteiger partial charge in [0.2, 0.25) is 5.91 Å². The van der Waals surface area contributed by atoms with E-state index in [1.54, 1.807) is 31.6 Å². The van der Waals surface area contributed by atoms with E-state index < -0.39 is 6.04 Å². The molecule has 3 aromatic rings. The highest BCUT2D eigenvalue weighted by Crippen LogP contribution is 2.32. The van der Waals surface area contributed by atoms with E-state index in [0.29, 0.717) is 17.4 Å². The molecule has 0 bridgehead atoms. The average molecular weight is 467 g/mol. The highest BCUT2D eigenvalue weighted by molar-refractivity contribution is 7.06. The summed E-state index contributed by atoms with van der Waals surface area (Å²) >= 11 is 1.47. The minimum Gasteiger partial charge on any atom is -0.339 e. The predicted molar refractivity (Wildman–Crippen MR) is 129 cm³/mol. The van der Waals surface area contributed by atoms with Crippen molar-refractivity contribution in [2.75, 3.05) is 5.32 Å². The van der Waals surface area contributed by atoms with E-state index in [2.05, 4.69) is 32.0 Å². The lowest BCUT2D eigenvalue weighted by molar-refractivity contribution is -0.119. The Hall–Kier alpha value is -3.07. The fraction of sp³-hybridized carbons (Fsp3) is 0.458. The van der Waals surface area contributed by atoms with Gasteiger partial charge in [0.1, 0.15) is 17.6 Å². The van der Waals surface area contributed by atoms with Crippen LogP contribution in [0, 0.1) is 25.7 Å². The Kier molecular flexibility index (Phi) is 6.88. The van der Waals surface area contributed by atoms with Crippen LogP contribution in [0.3, 0.4) is 0 Å². The van der Waals surface area contributed by atoms with Gasteiger partial charge in [-0.25, -0.2) is 4.98 Å². The molecule has 2 amide bonds. The van der Waals surface area contributed by atoms with Crippen molar-refractivity contribution in [3.63, 3.8) is 0 Å². The zero-order valence-electron chi connectivity index (χ0n) is 19.5. The highest BCUT2D eigenvalue weighted by Gasteiger charge is 2.33.